The summed E-state index contributed by atoms with van der Waals surface area (Å²) in [6, 6.07) is 13.6. The highest BCUT2D eigenvalue weighted by molar-refractivity contribution is 6.10. The molecule has 0 saturated heterocycles. The van der Waals surface area contributed by atoms with E-state index >= 15 is 0 Å². The Morgan fingerprint density at radius 1 is 0.917 bits per heavy atom. The first-order chi connectivity index (χ1) is 11.8. The van der Waals surface area contributed by atoms with E-state index in [4.69, 9.17) is 0 Å². The molecule has 0 fully saturated rings. The lowest BCUT2D eigenvalue weighted by Crippen LogP contribution is -2.11. The predicted octanol–water partition coefficient (Wildman–Crippen LogP) is 2.64. The van der Waals surface area contributed by atoms with Gasteiger partial charge in [-0.15, -0.1) is 0 Å². The zero-order valence-corrected chi connectivity index (χ0v) is 12.4. The molecule has 8 nitrogen and oxygen atoms in total. The number of anilines is 1. The number of nitrogens with zero attached hydrogens (tertiary/aromatic N) is 5. The first kappa shape index (κ1) is 15.2. The fourth-order valence-electron chi connectivity index (χ4n) is 1.99. The number of hydrogen-bond donors (Lipinski definition) is 1. The Kier molecular flexibility index (Phi) is 4.47. The number of aromatic nitrogens is 3. The van der Waals surface area contributed by atoms with Gasteiger partial charge in [-0.1, -0.05) is 12.1 Å². The molecule has 0 aromatic carbocycles. The first-order valence-electron chi connectivity index (χ1n) is 7.01. The third-order valence-electron chi connectivity index (χ3n) is 3.07. The molecule has 0 unspecified atom stereocenters. The topological polar surface area (TPSA) is 106 Å². The minimum atomic E-state index is -0.522. The van der Waals surface area contributed by atoms with Crippen LogP contribution in [0.3, 0.4) is 0 Å². The number of hydrogen-bond acceptors (Lipinski definition) is 7. The molecule has 0 amide bonds. The minimum Gasteiger partial charge on any atom is -0.258 e. The van der Waals surface area contributed by atoms with Crippen molar-refractivity contribution in [3.63, 3.8) is 0 Å². The third-order valence-corrected chi connectivity index (χ3v) is 3.07. The van der Waals surface area contributed by atoms with Crippen molar-refractivity contribution in [1.29, 1.82) is 0 Å². The molecule has 0 aliphatic carbocycles. The van der Waals surface area contributed by atoms with Crippen LogP contribution >= 0.6 is 0 Å². The van der Waals surface area contributed by atoms with Crippen LogP contribution in [0.2, 0.25) is 0 Å². The molecule has 118 valence electrons. The van der Waals surface area contributed by atoms with Crippen molar-refractivity contribution in [2.45, 2.75) is 0 Å². The van der Waals surface area contributed by atoms with Gasteiger partial charge in [-0.3, -0.25) is 25.5 Å². The van der Waals surface area contributed by atoms with Gasteiger partial charge >= 0.3 is 5.69 Å². The van der Waals surface area contributed by atoms with Gasteiger partial charge in [-0.05, 0) is 30.3 Å². The quantitative estimate of drug-likeness (QED) is 0.440. The summed E-state index contributed by atoms with van der Waals surface area (Å²) in [6.45, 7) is 0. The van der Waals surface area contributed by atoms with Gasteiger partial charge in [-0.25, -0.2) is 4.98 Å². The van der Waals surface area contributed by atoms with Crippen LogP contribution in [0.25, 0.3) is 0 Å². The number of pyridine rings is 3. The number of rotatable bonds is 5. The summed E-state index contributed by atoms with van der Waals surface area (Å²) in [4.78, 5) is 23.0. The SMILES string of the molecule is O=[N+]([O-])c1cccnc1NN=C(c1ccccn1)c1ccccn1. The molecule has 3 aromatic heterocycles. The van der Waals surface area contributed by atoms with E-state index in [1.54, 1.807) is 36.7 Å². The van der Waals surface area contributed by atoms with Gasteiger partial charge in [-0.2, -0.15) is 5.10 Å². The van der Waals surface area contributed by atoms with Crippen molar-refractivity contribution in [3.8, 4) is 0 Å². The standard InChI is InChI=1S/C16H12N6O2/c23-22(24)14-8-5-11-19-16(14)21-20-15(12-6-1-3-9-17-12)13-7-2-4-10-18-13/h1-11H,(H,19,21). The maximum Gasteiger partial charge on any atom is 0.313 e. The lowest BCUT2D eigenvalue weighted by Gasteiger charge is -2.06. The fourth-order valence-corrected chi connectivity index (χ4v) is 1.99. The Bertz CT molecular complexity index is 827. The smallest absolute Gasteiger partial charge is 0.258 e. The molecule has 3 aromatic rings. The van der Waals surface area contributed by atoms with Gasteiger partial charge in [0.15, 0.2) is 0 Å². The van der Waals surface area contributed by atoms with Crippen LogP contribution in [0.15, 0.2) is 72.2 Å². The molecule has 0 atom stereocenters. The Labute approximate surface area is 137 Å². The lowest BCUT2D eigenvalue weighted by molar-refractivity contribution is -0.384. The van der Waals surface area contributed by atoms with Crippen molar-refractivity contribution >= 4 is 17.2 Å². The van der Waals surface area contributed by atoms with Crippen molar-refractivity contribution in [2.75, 3.05) is 5.43 Å². The molecular formula is C16H12N6O2. The predicted molar refractivity (Wildman–Crippen MR) is 88.6 cm³/mol. The van der Waals surface area contributed by atoms with Crippen LogP contribution in [0.5, 0.6) is 0 Å². The van der Waals surface area contributed by atoms with E-state index in [0.29, 0.717) is 17.1 Å². The molecule has 8 heteroatoms. The van der Waals surface area contributed by atoms with Crippen LogP contribution in [-0.2, 0) is 0 Å². The average molecular weight is 320 g/mol. The highest BCUT2D eigenvalue weighted by atomic mass is 16.6. The molecule has 0 saturated carbocycles. The average Bonchev–Trinajstić information content (AvgIpc) is 2.64. The summed E-state index contributed by atoms with van der Waals surface area (Å²) in [5, 5.41) is 15.3. The van der Waals surface area contributed by atoms with Gasteiger partial charge in [0.1, 0.15) is 5.71 Å². The maximum atomic E-state index is 11.1. The molecular weight excluding hydrogens is 308 g/mol. The molecule has 0 bridgehead atoms. The second kappa shape index (κ2) is 7.05. The lowest BCUT2D eigenvalue weighted by atomic mass is 10.1. The van der Waals surface area contributed by atoms with E-state index in [2.05, 4.69) is 25.5 Å². The number of hydrazone groups is 1. The number of nitrogens with one attached hydrogen (secondary N) is 1. The first-order valence-corrected chi connectivity index (χ1v) is 7.01. The van der Waals surface area contributed by atoms with Crippen LogP contribution in [-0.4, -0.2) is 25.6 Å². The summed E-state index contributed by atoms with van der Waals surface area (Å²) in [7, 11) is 0. The van der Waals surface area contributed by atoms with Crippen LogP contribution < -0.4 is 5.43 Å². The summed E-state index contributed by atoms with van der Waals surface area (Å²) in [5.74, 6) is 0.0480. The fraction of sp³-hybridized carbons (Fsp3) is 0. The largest absolute Gasteiger partial charge is 0.313 e. The molecule has 0 radical (unpaired) electrons. The summed E-state index contributed by atoms with van der Waals surface area (Å²) in [6.07, 6.45) is 4.72. The molecule has 0 aliphatic heterocycles. The van der Waals surface area contributed by atoms with Crippen LogP contribution in [0.1, 0.15) is 11.4 Å². The zero-order chi connectivity index (χ0) is 16.8. The Morgan fingerprint density at radius 3 is 2.08 bits per heavy atom. The second-order valence-electron chi connectivity index (χ2n) is 4.63. The molecule has 0 aliphatic rings. The summed E-state index contributed by atoms with van der Waals surface area (Å²) < 4.78 is 0. The van der Waals surface area contributed by atoms with Gasteiger partial charge in [0.2, 0.25) is 5.82 Å². The van der Waals surface area contributed by atoms with Gasteiger partial charge in [0, 0.05) is 24.7 Å². The van der Waals surface area contributed by atoms with E-state index in [1.807, 2.05) is 12.1 Å². The van der Waals surface area contributed by atoms with Gasteiger partial charge in [0.05, 0.1) is 16.3 Å². The highest BCUT2D eigenvalue weighted by Crippen LogP contribution is 2.20. The van der Waals surface area contributed by atoms with Crippen molar-refractivity contribution < 1.29 is 4.92 Å². The Hall–Kier alpha value is -3.68. The van der Waals surface area contributed by atoms with Crippen molar-refractivity contribution in [1.82, 2.24) is 15.0 Å². The van der Waals surface area contributed by atoms with E-state index in [0.717, 1.165) is 0 Å². The number of nitro groups is 1. The summed E-state index contributed by atoms with van der Waals surface area (Å²) in [5.41, 5.74) is 4.11. The Morgan fingerprint density at radius 2 is 1.54 bits per heavy atom. The monoisotopic (exact) mass is 320 g/mol. The molecule has 3 rings (SSSR count). The molecule has 1 N–H and O–H groups in total. The highest BCUT2D eigenvalue weighted by Gasteiger charge is 2.15. The summed E-state index contributed by atoms with van der Waals surface area (Å²) >= 11 is 0. The molecule has 24 heavy (non-hydrogen) atoms. The van der Waals surface area contributed by atoms with Crippen LogP contribution in [0.4, 0.5) is 11.5 Å². The van der Waals surface area contributed by atoms with E-state index in [-0.39, 0.29) is 11.5 Å². The minimum absolute atomic E-state index is 0.0480. The van der Waals surface area contributed by atoms with Crippen LogP contribution in [0, 0.1) is 10.1 Å². The van der Waals surface area contributed by atoms with Gasteiger partial charge < -0.3 is 0 Å². The van der Waals surface area contributed by atoms with E-state index < -0.39 is 4.92 Å². The normalized spacial score (nSPS) is 10.0. The van der Waals surface area contributed by atoms with Crippen molar-refractivity contribution in [2.24, 2.45) is 5.10 Å². The zero-order valence-electron chi connectivity index (χ0n) is 12.4. The molecule has 3 heterocycles. The van der Waals surface area contributed by atoms with Gasteiger partial charge in [0.25, 0.3) is 0 Å². The van der Waals surface area contributed by atoms with E-state index in [1.165, 1.54) is 18.3 Å². The Balaban J connectivity index is 2.01. The second-order valence-corrected chi connectivity index (χ2v) is 4.63. The van der Waals surface area contributed by atoms with E-state index in [9.17, 15) is 10.1 Å². The third kappa shape index (κ3) is 3.38. The maximum absolute atomic E-state index is 11.1. The van der Waals surface area contributed by atoms with Crippen molar-refractivity contribution in [3.05, 3.63) is 88.6 Å². The molecule has 0 spiro atoms.